The summed E-state index contributed by atoms with van der Waals surface area (Å²) in [5, 5.41) is 10.0. The maximum atomic E-state index is 13.9. The molecule has 3 N–H and O–H groups in total. The number of halogens is 1. The van der Waals surface area contributed by atoms with Crippen LogP contribution in [0.5, 0.6) is 0 Å². The molecule has 3 aromatic carbocycles. The highest BCUT2D eigenvalue weighted by Crippen LogP contribution is 2.29. The van der Waals surface area contributed by atoms with Gasteiger partial charge >= 0.3 is 5.97 Å². The van der Waals surface area contributed by atoms with E-state index in [1.165, 1.54) is 10.5 Å². The third kappa shape index (κ3) is 6.82. The Morgan fingerprint density at radius 2 is 1.44 bits per heavy atom. The van der Waals surface area contributed by atoms with Gasteiger partial charge in [-0.25, -0.2) is 0 Å². The number of carbonyl (C=O) groups excluding carboxylic acids is 2. The lowest BCUT2D eigenvalue weighted by molar-refractivity contribution is -0.137. The molecule has 6 nitrogen and oxygen atoms in total. The molecule has 1 atom stereocenters. The van der Waals surface area contributed by atoms with Crippen LogP contribution in [0.25, 0.3) is 11.1 Å². The van der Waals surface area contributed by atoms with Gasteiger partial charge in [0, 0.05) is 22.9 Å². The average Bonchev–Trinajstić information content (AvgIpc) is 2.86. The second-order valence-corrected chi connectivity index (χ2v) is 9.97. The Balaban J connectivity index is 1.96. The second kappa shape index (κ2) is 12.0. The number of alkyl halides is 1. The van der Waals surface area contributed by atoms with Crippen LogP contribution in [0.3, 0.4) is 0 Å². The van der Waals surface area contributed by atoms with Crippen molar-refractivity contribution in [3.63, 3.8) is 0 Å². The van der Waals surface area contributed by atoms with Crippen LogP contribution in [-0.2, 0) is 21.3 Å². The van der Waals surface area contributed by atoms with Crippen LogP contribution in [0.2, 0.25) is 0 Å². The van der Waals surface area contributed by atoms with E-state index in [1.54, 1.807) is 12.1 Å². The predicted molar refractivity (Wildman–Crippen MR) is 145 cm³/mol. The van der Waals surface area contributed by atoms with E-state index in [4.69, 9.17) is 5.73 Å². The molecule has 3 aromatic rings. The van der Waals surface area contributed by atoms with Gasteiger partial charge in [0.1, 0.15) is 6.04 Å². The molecule has 0 aliphatic rings. The topological polar surface area (TPSA) is 101 Å². The van der Waals surface area contributed by atoms with E-state index in [1.807, 2.05) is 80.6 Å². The maximum absolute atomic E-state index is 13.9. The normalized spacial score (nSPS) is 12.1. The number of hydrogen-bond donors (Lipinski definition) is 2. The maximum Gasteiger partial charge on any atom is 0.303 e. The number of nitrogens with two attached hydrogens (primary N) is 1. The number of primary amides is 1. The summed E-state index contributed by atoms with van der Waals surface area (Å²) in [5.74, 6) is -2.15. The predicted octanol–water partition coefficient (Wildman–Crippen LogP) is 5.43. The van der Waals surface area contributed by atoms with Crippen molar-refractivity contribution >= 4 is 33.7 Å². The van der Waals surface area contributed by atoms with Crippen molar-refractivity contribution in [1.82, 2.24) is 4.90 Å². The monoisotopic (exact) mass is 550 g/mol. The van der Waals surface area contributed by atoms with Crippen molar-refractivity contribution in [1.29, 1.82) is 0 Å². The molecule has 36 heavy (non-hydrogen) atoms. The van der Waals surface area contributed by atoms with Crippen molar-refractivity contribution in [2.75, 3.05) is 0 Å². The summed E-state index contributed by atoms with van der Waals surface area (Å²) >= 11 is 3.45. The first-order chi connectivity index (χ1) is 17.1. The summed E-state index contributed by atoms with van der Waals surface area (Å²) < 4.78 is 0. The van der Waals surface area contributed by atoms with Gasteiger partial charge in [-0.15, -0.1) is 0 Å². The van der Waals surface area contributed by atoms with Crippen LogP contribution in [0.15, 0.2) is 78.9 Å². The summed E-state index contributed by atoms with van der Waals surface area (Å²) in [7, 11) is 0. The summed E-state index contributed by atoms with van der Waals surface area (Å²) in [5.41, 5.74) is 9.45. The van der Waals surface area contributed by atoms with Crippen molar-refractivity contribution in [3.8, 4) is 11.1 Å². The molecule has 0 aromatic heterocycles. The molecular formula is C29H31BrN2O4. The standard InChI is InChI=1S/C29H31BrN2O4/c1-29(2,18-20-6-4-3-5-7-20)32(25(27(31)35)16-17-26(33)34)28(36)24-14-12-23(13-15-24)22-10-8-21(19-30)9-11-22/h3-15,25H,16-19H2,1-2H3,(H2,31,35)(H,33,34)/t25-/m0/s1. The number of hydrogen-bond acceptors (Lipinski definition) is 3. The van der Waals surface area contributed by atoms with E-state index in [9.17, 15) is 19.5 Å². The fourth-order valence-electron chi connectivity index (χ4n) is 4.41. The number of rotatable bonds is 11. The summed E-state index contributed by atoms with van der Waals surface area (Å²) in [6.45, 7) is 3.74. The minimum atomic E-state index is -1.07. The Labute approximate surface area is 220 Å². The van der Waals surface area contributed by atoms with Crippen molar-refractivity contribution in [2.45, 2.75) is 50.0 Å². The number of carboxylic acids is 1. The van der Waals surface area contributed by atoms with E-state index in [-0.39, 0.29) is 18.7 Å². The molecule has 0 aliphatic carbocycles. The smallest absolute Gasteiger partial charge is 0.303 e. The third-order valence-corrected chi connectivity index (χ3v) is 6.84. The number of benzene rings is 3. The van der Waals surface area contributed by atoms with Crippen LogP contribution in [0.1, 0.15) is 48.2 Å². The zero-order chi connectivity index (χ0) is 26.3. The fraction of sp³-hybridized carbons (Fsp3) is 0.276. The second-order valence-electron chi connectivity index (χ2n) is 9.41. The lowest BCUT2D eigenvalue weighted by Gasteiger charge is -2.43. The zero-order valence-electron chi connectivity index (χ0n) is 20.5. The van der Waals surface area contributed by atoms with Crippen molar-refractivity contribution in [2.24, 2.45) is 5.73 Å². The number of carboxylic acid groups (broad SMARTS) is 1. The van der Waals surface area contributed by atoms with E-state index in [0.29, 0.717) is 12.0 Å². The van der Waals surface area contributed by atoms with E-state index >= 15 is 0 Å². The van der Waals surface area contributed by atoms with Gasteiger partial charge in [-0.3, -0.25) is 14.4 Å². The molecule has 0 radical (unpaired) electrons. The molecule has 0 aliphatic heterocycles. The van der Waals surface area contributed by atoms with Gasteiger partial charge in [0.2, 0.25) is 5.91 Å². The minimum absolute atomic E-state index is 0.0629. The lowest BCUT2D eigenvalue weighted by atomic mass is 9.89. The Morgan fingerprint density at radius 3 is 1.94 bits per heavy atom. The summed E-state index contributed by atoms with van der Waals surface area (Å²) in [4.78, 5) is 39.1. The lowest BCUT2D eigenvalue weighted by Crippen LogP contribution is -2.58. The molecule has 0 fully saturated rings. The van der Waals surface area contributed by atoms with E-state index < -0.39 is 23.5 Å². The highest BCUT2D eigenvalue weighted by molar-refractivity contribution is 9.08. The Bertz CT molecular complexity index is 1190. The first-order valence-corrected chi connectivity index (χ1v) is 12.9. The van der Waals surface area contributed by atoms with E-state index in [0.717, 1.165) is 22.0 Å². The Morgan fingerprint density at radius 1 is 0.889 bits per heavy atom. The molecule has 0 saturated heterocycles. The van der Waals surface area contributed by atoms with Gasteiger partial charge in [0.25, 0.3) is 5.91 Å². The quantitative estimate of drug-likeness (QED) is 0.311. The summed E-state index contributed by atoms with van der Waals surface area (Å²) in [6.07, 6.45) is 0.128. The van der Waals surface area contributed by atoms with Gasteiger partial charge in [0.05, 0.1) is 0 Å². The average molecular weight is 551 g/mol. The fourth-order valence-corrected chi connectivity index (χ4v) is 4.78. The van der Waals surface area contributed by atoms with Crippen LogP contribution >= 0.6 is 15.9 Å². The van der Waals surface area contributed by atoms with Gasteiger partial charge in [-0.2, -0.15) is 0 Å². The first-order valence-electron chi connectivity index (χ1n) is 11.8. The van der Waals surface area contributed by atoms with Gasteiger partial charge in [0.15, 0.2) is 0 Å². The highest BCUT2D eigenvalue weighted by atomic mass is 79.9. The molecule has 0 saturated carbocycles. The van der Waals surface area contributed by atoms with Gasteiger partial charge < -0.3 is 15.7 Å². The molecule has 0 bridgehead atoms. The van der Waals surface area contributed by atoms with Gasteiger partial charge in [-0.05, 0) is 61.1 Å². The highest BCUT2D eigenvalue weighted by Gasteiger charge is 2.39. The van der Waals surface area contributed by atoms with Crippen molar-refractivity contribution < 1.29 is 19.5 Å². The van der Waals surface area contributed by atoms with E-state index in [2.05, 4.69) is 15.9 Å². The molecule has 0 spiro atoms. The first kappa shape index (κ1) is 27.1. The molecular weight excluding hydrogens is 520 g/mol. The minimum Gasteiger partial charge on any atom is -0.481 e. The van der Waals surface area contributed by atoms with Crippen LogP contribution < -0.4 is 5.73 Å². The number of aliphatic carboxylic acids is 1. The third-order valence-electron chi connectivity index (χ3n) is 6.20. The van der Waals surface area contributed by atoms with Crippen LogP contribution in [0, 0.1) is 0 Å². The van der Waals surface area contributed by atoms with Crippen LogP contribution in [-0.4, -0.2) is 39.4 Å². The van der Waals surface area contributed by atoms with Gasteiger partial charge in [-0.1, -0.05) is 82.7 Å². The molecule has 188 valence electrons. The van der Waals surface area contributed by atoms with Crippen molar-refractivity contribution in [3.05, 3.63) is 95.6 Å². The number of carbonyl (C=O) groups is 3. The Hall–Kier alpha value is -3.45. The molecule has 3 rings (SSSR count). The summed E-state index contributed by atoms with van der Waals surface area (Å²) in [6, 6.07) is 23.9. The molecule has 0 heterocycles. The number of amides is 2. The zero-order valence-corrected chi connectivity index (χ0v) is 22.1. The van der Waals surface area contributed by atoms with Crippen LogP contribution in [0.4, 0.5) is 0 Å². The molecule has 2 amide bonds. The Kier molecular flexibility index (Phi) is 9.04. The largest absolute Gasteiger partial charge is 0.481 e. The number of nitrogens with zero attached hydrogens (tertiary/aromatic N) is 1. The SMILES string of the molecule is CC(C)(Cc1ccccc1)N(C(=O)c1ccc(-c2ccc(CBr)cc2)cc1)[C@@H](CCC(=O)O)C(N)=O. The molecule has 7 heteroatoms. The molecule has 0 unspecified atom stereocenters.